The van der Waals surface area contributed by atoms with Gasteiger partial charge in [0, 0.05) is 31.7 Å². The van der Waals surface area contributed by atoms with Gasteiger partial charge in [-0.1, -0.05) is 0 Å². The van der Waals surface area contributed by atoms with E-state index in [2.05, 4.69) is 15.2 Å². The lowest BCUT2D eigenvalue weighted by Gasteiger charge is -2.15. The molecule has 17 heavy (non-hydrogen) atoms. The number of likely N-dealkylation sites (tertiary alicyclic amines) is 1. The molecule has 1 aliphatic heterocycles. The third-order valence-electron chi connectivity index (χ3n) is 3.70. The second-order valence-electron chi connectivity index (χ2n) is 5.18. The van der Waals surface area contributed by atoms with Gasteiger partial charge in [-0.3, -0.25) is 9.88 Å². The van der Waals surface area contributed by atoms with Crippen LogP contribution in [0.5, 0.6) is 0 Å². The first kappa shape index (κ1) is 11.0. The largest absolute Gasteiger partial charge is 0.397 e. The maximum absolute atomic E-state index is 5.61. The molecule has 0 aromatic carbocycles. The number of pyridine rings is 1. The highest BCUT2D eigenvalue weighted by molar-refractivity contribution is 5.34. The third kappa shape index (κ3) is 2.76. The third-order valence-corrected chi connectivity index (χ3v) is 3.70. The SMILES string of the molecule is Nc1ccc(CNC2CCN(C3CC3)C2)nc1. The van der Waals surface area contributed by atoms with Crippen molar-refractivity contribution >= 4 is 5.69 Å². The Kier molecular flexibility index (Phi) is 2.99. The molecule has 1 aromatic rings. The van der Waals surface area contributed by atoms with E-state index in [0.717, 1.165) is 24.0 Å². The van der Waals surface area contributed by atoms with E-state index in [4.69, 9.17) is 5.73 Å². The molecule has 4 nitrogen and oxygen atoms in total. The Morgan fingerprint density at radius 1 is 1.35 bits per heavy atom. The molecule has 1 unspecified atom stereocenters. The van der Waals surface area contributed by atoms with Gasteiger partial charge in [0.1, 0.15) is 0 Å². The van der Waals surface area contributed by atoms with Crippen molar-refractivity contribution < 1.29 is 0 Å². The van der Waals surface area contributed by atoms with E-state index in [1.165, 1.54) is 32.4 Å². The van der Waals surface area contributed by atoms with Gasteiger partial charge in [-0.05, 0) is 31.4 Å². The van der Waals surface area contributed by atoms with Gasteiger partial charge in [0.05, 0.1) is 17.6 Å². The van der Waals surface area contributed by atoms with Gasteiger partial charge in [-0.2, -0.15) is 0 Å². The molecule has 1 aliphatic carbocycles. The number of anilines is 1. The molecule has 2 fully saturated rings. The van der Waals surface area contributed by atoms with E-state index in [1.54, 1.807) is 6.20 Å². The zero-order valence-corrected chi connectivity index (χ0v) is 10.1. The van der Waals surface area contributed by atoms with Crippen LogP contribution in [0.3, 0.4) is 0 Å². The topological polar surface area (TPSA) is 54.2 Å². The molecule has 0 bridgehead atoms. The molecule has 3 N–H and O–H groups in total. The van der Waals surface area contributed by atoms with E-state index in [0.29, 0.717) is 6.04 Å². The highest BCUT2D eigenvalue weighted by Gasteiger charge is 2.33. The van der Waals surface area contributed by atoms with Crippen LogP contribution in [0.25, 0.3) is 0 Å². The smallest absolute Gasteiger partial charge is 0.0543 e. The second kappa shape index (κ2) is 4.63. The van der Waals surface area contributed by atoms with E-state index in [9.17, 15) is 0 Å². The van der Waals surface area contributed by atoms with Crippen molar-refractivity contribution in [2.24, 2.45) is 0 Å². The van der Waals surface area contributed by atoms with Crippen LogP contribution in [0.4, 0.5) is 5.69 Å². The standard InChI is InChI=1S/C13H20N4/c14-10-1-2-11(15-7-10)8-16-12-5-6-17(9-12)13-3-4-13/h1-2,7,12-13,16H,3-6,8-9,14H2. The van der Waals surface area contributed by atoms with Crippen LogP contribution < -0.4 is 11.1 Å². The summed E-state index contributed by atoms with van der Waals surface area (Å²) >= 11 is 0. The minimum Gasteiger partial charge on any atom is -0.397 e. The molecule has 0 amide bonds. The Bertz CT molecular complexity index is 372. The van der Waals surface area contributed by atoms with Crippen molar-refractivity contribution in [3.63, 3.8) is 0 Å². The predicted octanol–water partition coefficient (Wildman–Crippen LogP) is 0.990. The van der Waals surface area contributed by atoms with Gasteiger partial charge in [0.15, 0.2) is 0 Å². The summed E-state index contributed by atoms with van der Waals surface area (Å²) in [4.78, 5) is 6.92. The number of aromatic nitrogens is 1. The fourth-order valence-electron chi connectivity index (χ4n) is 2.51. The van der Waals surface area contributed by atoms with Gasteiger partial charge in [0.2, 0.25) is 0 Å². The Labute approximate surface area is 102 Å². The normalized spacial score (nSPS) is 25.3. The number of nitrogens with two attached hydrogens (primary N) is 1. The highest BCUT2D eigenvalue weighted by atomic mass is 15.2. The zero-order valence-electron chi connectivity index (χ0n) is 10.1. The molecular formula is C13H20N4. The number of hydrogen-bond acceptors (Lipinski definition) is 4. The Hall–Kier alpha value is -1.13. The summed E-state index contributed by atoms with van der Waals surface area (Å²) in [6.45, 7) is 3.32. The molecule has 1 saturated carbocycles. The summed E-state index contributed by atoms with van der Waals surface area (Å²) < 4.78 is 0. The number of nitrogens with one attached hydrogen (secondary N) is 1. The molecule has 2 heterocycles. The first-order valence-electron chi connectivity index (χ1n) is 6.49. The van der Waals surface area contributed by atoms with Gasteiger partial charge in [-0.15, -0.1) is 0 Å². The van der Waals surface area contributed by atoms with Crippen molar-refractivity contribution in [2.45, 2.75) is 37.9 Å². The molecule has 92 valence electrons. The Balaban J connectivity index is 1.46. The van der Waals surface area contributed by atoms with Crippen molar-refractivity contribution in [2.75, 3.05) is 18.8 Å². The Morgan fingerprint density at radius 2 is 2.24 bits per heavy atom. The van der Waals surface area contributed by atoms with Crippen LogP contribution in [0.15, 0.2) is 18.3 Å². The number of rotatable bonds is 4. The van der Waals surface area contributed by atoms with E-state index in [-0.39, 0.29) is 0 Å². The van der Waals surface area contributed by atoms with Crippen molar-refractivity contribution in [1.82, 2.24) is 15.2 Å². The van der Waals surface area contributed by atoms with Gasteiger partial charge in [0.25, 0.3) is 0 Å². The lowest BCUT2D eigenvalue weighted by Crippen LogP contribution is -2.33. The second-order valence-corrected chi connectivity index (χ2v) is 5.18. The van der Waals surface area contributed by atoms with Gasteiger partial charge >= 0.3 is 0 Å². The summed E-state index contributed by atoms with van der Waals surface area (Å²) in [5.74, 6) is 0. The predicted molar refractivity (Wildman–Crippen MR) is 68.5 cm³/mol. The van der Waals surface area contributed by atoms with Crippen LogP contribution in [-0.2, 0) is 6.54 Å². The fourth-order valence-corrected chi connectivity index (χ4v) is 2.51. The quantitative estimate of drug-likeness (QED) is 0.813. The van der Waals surface area contributed by atoms with Crippen LogP contribution in [0, 0.1) is 0 Å². The maximum atomic E-state index is 5.61. The first-order chi connectivity index (χ1) is 8.31. The minimum absolute atomic E-state index is 0.634. The lowest BCUT2D eigenvalue weighted by molar-refractivity contribution is 0.317. The summed E-state index contributed by atoms with van der Waals surface area (Å²) in [5.41, 5.74) is 7.42. The van der Waals surface area contributed by atoms with Crippen LogP contribution in [0.2, 0.25) is 0 Å². The number of nitrogen functional groups attached to an aromatic ring is 1. The molecule has 0 spiro atoms. The molecule has 1 saturated heterocycles. The van der Waals surface area contributed by atoms with E-state index in [1.807, 2.05) is 12.1 Å². The van der Waals surface area contributed by atoms with Gasteiger partial charge < -0.3 is 11.1 Å². The molecule has 4 heteroatoms. The van der Waals surface area contributed by atoms with Crippen molar-refractivity contribution in [3.8, 4) is 0 Å². The molecular weight excluding hydrogens is 212 g/mol. The van der Waals surface area contributed by atoms with Crippen LogP contribution >= 0.6 is 0 Å². The van der Waals surface area contributed by atoms with Gasteiger partial charge in [-0.25, -0.2) is 0 Å². The molecule has 1 atom stereocenters. The monoisotopic (exact) mass is 232 g/mol. The first-order valence-corrected chi connectivity index (χ1v) is 6.49. The molecule has 2 aliphatic rings. The van der Waals surface area contributed by atoms with E-state index < -0.39 is 0 Å². The summed E-state index contributed by atoms with van der Waals surface area (Å²) in [6.07, 6.45) is 5.81. The maximum Gasteiger partial charge on any atom is 0.0543 e. The van der Waals surface area contributed by atoms with E-state index >= 15 is 0 Å². The zero-order chi connectivity index (χ0) is 11.7. The molecule has 3 rings (SSSR count). The van der Waals surface area contributed by atoms with Crippen molar-refractivity contribution in [3.05, 3.63) is 24.0 Å². The summed E-state index contributed by atoms with van der Waals surface area (Å²) in [6, 6.07) is 5.44. The highest BCUT2D eigenvalue weighted by Crippen LogP contribution is 2.29. The summed E-state index contributed by atoms with van der Waals surface area (Å²) in [5, 5.41) is 3.58. The molecule has 0 radical (unpaired) electrons. The fraction of sp³-hybridized carbons (Fsp3) is 0.615. The average Bonchev–Trinajstić information content (AvgIpc) is 3.09. The molecule has 1 aromatic heterocycles. The summed E-state index contributed by atoms with van der Waals surface area (Å²) in [7, 11) is 0. The number of hydrogen-bond donors (Lipinski definition) is 2. The number of nitrogens with zero attached hydrogens (tertiary/aromatic N) is 2. The van der Waals surface area contributed by atoms with Crippen molar-refractivity contribution in [1.29, 1.82) is 0 Å². The van der Waals surface area contributed by atoms with Crippen LogP contribution in [0.1, 0.15) is 25.0 Å². The Morgan fingerprint density at radius 3 is 2.94 bits per heavy atom. The lowest BCUT2D eigenvalue weighted by atomic mass is 10.2. The minimum atomic E-state index is 0.634. The van der Waals surface area contributed by atoms with Crippen LogP contribution in [-0.4, -0.2) is 35.1 Å². The average molecular weight is 232 g/mol.